The number of aldehydes is 1. The quantitative estimate of drug-likeness (QED) is 0.599. The Balaban J connectivity index is 1.99. The monoisotopic (exact) mass is 233 g/mol. The molecule has 0 bridgehead atoms. The van der Waals surface area contributed by atoms with Crippen molar-refractivity contribution in [3.8, 4) is 0 Å². The molecule has 2 aliphatic rings. The first-order valence-electron chi connectivity index (χ1n) is 6.33. The van der Waals surface area contributed by atoms with Gasteiger partial charge in [-0.15, -0.1) is 0 Å². The van der Waals surface area contributed by atoms with Gasteiger partial charge in [-0.25, -0.2) is 0 Å². The van der Waals surface area contributed by atoms with E-state index < -0.39 is 0 Å². The van der Waals surface area contributed by atoms with Gasteiger partial charge in [0.25, 0.3) is 0 Å². The summed E-state index contributed by atoms with van der Waals surface area (Å²) in [5.41, 5.74) is 7.67. The molecule has 3 heteroatoms. The lowest BCUT2D eigenvalue weighted by Crippen LogP contribution is -2.27. The molecule has 2 atom stereocenters. The van der Waals surface area contributed by atoms with Gasteiger partial charge in [0.1, 0.15) is 6.29 Å². The largest absolute Gasteiger partial charge is 0.369 e. The maximum absolute atomic E-state index is 11.2. The van der Waals surface area contributed by atoms with Crippen LogP contribution in [0, 0.1) is 11.8 Å². The highest BCUT2D eigenvalue weighted by molar-refractivity contribution is 5.77. The third-order valence-corrected chi connectivity index (χ3v) is 3.93. The number of carbonyl (C=O) groups excluding carboxylic acids is 2. The molecule has 2 rings (SSSR count). The van der Waals surface area contributed by atoms with Crippen molar-refractivity contribution in [2.75, 3.05) is 0 Å². The molecule has 2 N–H and O–H groups in total. The maximum atomic E-state index is 11.2. The van der Waals surface area contributed by atoms with Gasteiger partial charge >= 0.3 is 0 Å². The van der Waals surface area contributed by atoms with E-state index in [4.69, 9.17) is 5.73 Å². The van der Waals surface area contributed by atoms with Crippen molar-refractivity contribution in [3.63, 3.8) is 0 Å². The second-order valence-electron chi connectivity index (χ2n) is 5.03. The van der Waals surface area contributed by atoms with Crippen molar-refractivity contribution in [2.24, 2.45) is 17.6 Å². The fourth-order valence-electron chi connectivity index (χ4n) is 2.81. The van der Waals surface area contributed by atoms with Crippen molar-refractivity contribution >= 4 is 12.2 Å². The van der Waals surface area contributed by atoms with Crippen molar-refractivity contribution < 1.29 is 9.59 Å². The SMILES string of the molecule is NC(=O)C1CCC=C(C2CC=C(C=O)CC2)C1. The summed E-state index contributed by atoms with van der Waals surface area (Å²) in [5.74, 6) is 0.364. The Morgan fingerprint density at radius 3 is 2.76 bits per heavy atom. The van der Waals surface area contributed by atoms with Crippen LogP contribution in [0.1, 0.15) is 38.5 Å². The van der Waals surface area contributed by atoms with E-state index in [9.17, 15) is 9.59 Å². The molecule has 0 aliphatic heterocycles. The summed E-state index contributed by atoms with van der Waals surface area (Å²) in [6.07, 6.45) is 10.8. The van der Waals surface area contributed by atoms with Crippen LogP contribution in [-0.2, 0) is 9.59 Å². The molecule has 0 spiro atoms. The van der Waals surface area contributed by atoms with Crippen molar-refractivity contribution in [3.05, 3.63) is 23.3 Å². The van der Waals surface area contributed by atoms with Crippen LogP contribution in [-0.4, -0.2) is 12.2 Å². The number of allylic oxidation sites excluding steroid dienone is 4. The van der Waals surface area contributed by atoms with Crippen molar-refractivity contribution in [2.45, 2.75) is 38.5 Å². The molecule has 0 fully saturated rings. The van der Waals surface area contributed by atoms with Crippen LogP contribution < -0.4 is 5.73 Å². The topological polar surface area (TPSA) is 60.2 Å². The Labute approximate surface area is 102 Å². The van der Waals surface area contributed by atoms with Crippen molar-refractivity contribution in [1.82, 2.24) is 0 Å². The average molecular weight is 233 g/mol. The Morgan fingerprint density at radius 1 is 1.35 bits per heavy atom. The molecule has 2 aliphatic carbocycles. The van der Waals surface area contributed by atoms with E-state index in [1.54, 1.807) is 0 Å². The molecule has 0 aromatic heterocycles. The summed E-state index contributed by atoms with van der Waals surface area (Å²) in [4.78, 5) is 21.9. The molecular formula is C14H19NO2. The second kappa shape index (κ2) is 5.30. The average Bonchev–Trinajstić information content (AvgIpc) is 2.39. The summed E-state index contributed by atoms with van der Waals surface area (Å²) in [7, 11) is 0. The van der Waals surface area contributed by atoms with Crippen LogP contribution in [0.4, 0.5) is 0 Å². The number of primary amides is 1. The zero-order valence-corrected chi connectivity index (χ0v) is 10.0. The van der Waals surface area contributed by atoms with Gasteiger partial charge in [-0.1, -0.05) is 17.7 Å². The summed E-state index contributed by atoms with van der Waals surface area (Å²) >= 11 is 0. The summed E-state index contributed by atoms with van der Waals surface area (Å²) in [6.45, 7) is 0. The van der Waals surface area contributed by atoms with E-state index in [0.29, 0.717) is 5.92 Å². The highest BCUT2D eigenvalue weighted by Gasteiger charge is 2.25. The first-order chi connectivity index (χ1) is 8.20. The lowest BCUT2D eigenvalue weighted by molar-refractivity contribution is -0.122. The molecule has 0 heterocycles. The fourth-order valence-corrected chi connectivity index (χ4v) is 2.81. The van der Waals surface area contributed by atoms with Crippen LogP contribution in [0.15, 0.2) is 23.3 Å². The molecule has 0 saturated carbocycles. The molecule has 0 radical (unpaired) electrons. The van der Waals surface area contributed by atoms with E-state index in [1.807, 2.05) is 6.08 Å². The van der Waals surface area contributed by atoms with Crippen LogP contribution in [0.2, 0.25) is 0 Å². The smallest absolute Gasteiger partial charge is 0.220 e. The minimum atomic E-state index is -0.171. The van der Waals surface area contributed by atoms with Gasteiger partial charge in [0.2, 0.25) is 5.91 Å². The highest BCUT2D eigenvalue weighted by atomic mass is 16.1. The molecule has 0 saturated heterocycles. The molecule has 3 nitrogen and oxygen atoms in total. The molecule has 0 aromatic carbocycles. The van der Waals surface area contributed by atoms with Gasteiger partial charge in [-0.05, 0) is 50.0 Å². The minimum absolute atomic E-state index is 0.0199. The van der Waals surface area contributed by atoms with Gasteiger partial charge in [0.15, 0.2) is 0 Å². The lowest BCUT2D eigenvalue weighted by atomic mass is 9.77. The van der Waals surface area contributed by atoms with E-state index in [2.05, 4.69) is 6.08 Å². The maximum Gasteiger partial charge on any atom is 0.220 e. The third kappa shape index (κ3) is 2.84. The molecule has 92 valence electrons. The van der Waals surface area contributed by atoms with Crippen LogP contribution in [0.3, 0.4) is 0 Å². The summed E-state index contributed by atoms with van der Waals surface area (Å²) < 4.78 is 0. The van der Waals surface area contributed by atoms with E-state index >= 15 is 0 Å². The zero-order chi connectivity index (χ0) is 12.3. The standard InChI is InChI=1S/C14H19NO2/c15-14(17)13-3-1-2-12(8-13)11-6-4-10(9-16)5-7-11/h2,4,9,11,13H,1,3,5-8H2,(H2,15,17). The number of rotatable bonds is 3. The molecule has 17 heavy (non-hydrogen) atoms. The van der Waals surface area contributed by atoms with Gasteiger partial charge in [-0.3, -0.25) is 9.59 Å². The Hall–Kier alpha value is -1.38. The van der Waals surface area contributed by atoms with Crippen LogP contribution >= 0.6 is 0 Å². The first-order valence-corrected chi connectivity index (χ1v) is 6.33. The molecule has 1 amide bonds. The van der Waals surface area contributed by atoms with Gasteiger partial charge in [-0.2, -0.15) is 0 Å². The van der Waals surface area contributed by atoms with Crippen LogP contribution in [0.25, 0.3) is 0 Å². The van der Waals surface area contributed by atoms with E-state index in [0.717, 1.165) is 50.4 Å². The number of carbonyl (C=O) groups is 2. The van der Waals surface area contributed by atoms with Gasteiger partial charge in [0.05, 0.1) is 0 Å². The fraction of sp³-hybridized carbons (Fsp3) is 0.571. The number of hydrogen-bond donors (Lipinski definition) is 1. The zero-order valence-electron chi connectivity index (χ0n) is 10.0. The predicted octanol–water partition coefficient (Wildman–Crippen LogP) is 2.12. The molecular weight excluding hydrogens is 214 g/mol. The molecule has 0 aromatic rings. The Morgan fingerprint density at radius 2 is 2.18 bits per heavy atom. The highest BCUT2D eigenvalue weighted by Crippen LogP contribution is 2.35. The third-order valence-electron chi connectivity index (χ3n) is 3.93. The number of nitrogens with two attached hydrogens (primary N) is 1. The second-order valence-corrected chi connectivity index (χ2v) is 5.03. The van der Waals surface area contributed by atoms with E-state index in [-0.39, 0.29) is 11.8 Å². The summed E-state index contributed by atoms with van der Waals surface area (Å²) in [6, 6.07) is 0. The number of amides is 1. The minimum Gasteiger partial charge on any atom is -0.369 e. The van der Waals surface area contributed by atoms with Crippen molar-refractivity contribution in [1.29, 1.82) is 0 Å². The number of hydrogen-bond acceptors (Lipinski definition) is 2. The lowest BCUT2D eigenvalue weighted by Gasteiger charge is -2.28. The van der Waals surface area contributed by atoms with Gasteiger partial charge < -0.3 is 5.73 Å². The van der Waals surface area contributed by atoms with Crippen LogP contribution in [0.5, 0.6) is 0 Å². The normalized spacial score (nSPS) is 29.2. The predicted molar refractivity (Wildman–Crippen MR) is 66.1 cm³/mol. The van der Waals surface area contributed by atoms with Gasteiger partial charge in [0, 0.05) is 5.92 Å². The summed E-state index contributed by atoms with van der Waals surface area (Å²) in [5, 5.41) is 0. The first kappa shape index (κ1) is 12.1. The molecule has 2 unspecified atom stereocenters. The Kier molecular flexibility index (Phi) is 3.77. The Bertz CT molecular complexity index is 382. The van der Waals surface area contributed by atoms with E-state index in [1.165, 1.54) is 5.57 Å².